The van der Waals surface area contributed by atoms with Gasteiger partial charge in [-0.3, -0.25) is 9.36 Å². The fourth-order valence-electron chi connectivity index (χ4n) is 2.01. The number of nitrogens with zero attached hydrogens (tertiary/aromatic N) is 1. The van der Waals surface area contributed by atoms with Crippen molar-refractivity contribution in [1.29, 1.82) is 0 Å². The second-order valence-corrected chi connectivity index (χ2v) is 5.31. The lowest BCUT2D eigenvalue weighted by Crippen LogP contribution is -2.20. The smallest absolute Gasteiger partial charge is 0.266 e. The number of fused-ring (bicyclic) bond motifs is 1. The van der Waals surface area contributed by atoms with Gasteiger partial charge in [0.1, 0.15) is 0 Å². The summed E-state index contributed by atoms with van der Waals surface area (Å²) >= 11 is 8.74. The predicted molar refractivity (Wildman–Crippen MR) is 82.4 cm³/mol. The van der Waals surface area contributed by atoms with Gasteiger partial charge in [-0.25, -0.2) is 0 Å². The van der Waals surface area contributed by atoms with Gasteiger partial charge < -0.3 is 4.98 Å². The number of H-pyrrole nitrogens is 1. The maximum Gasteiger partial charge on any atom is 0.266 e. The third-order valence-corrected chi connectivity index (χ3v) is 3.85. The molecule has 3 nitrogen and oxygen atoms in total. The second-order valence-electron chi connectivity index (χ2n) is 4.07. The van der Waals surface area contributed by atoms with E-state index < -0.39 is 0 Å². The number of hydrogen-bond donors (Lipinski definition) is 1. The Kier molecular flexibility index (Phi) is 3.08. The molecule has 0 aliphatic heterocycles. The van der Waals surface area contributed by atoms with Crippen LogP contribution in [0, 0.1) is 4.77 Å². The molecule has 0 aliphatic rings. The van der Waals surface area contributed by atoms with E-state index in [-0.39, 0.29) is 5.56 Å². The highest BCUT2D eigenvalue weighted by Gasteiger charge is 2.09. The molecule has 0 amide bonds. The first-order valence-electron chi connectivity index (χ1n) is 5.67. The highest BCUT2D eigenvalue weighted by atomic mass is 79.9. The number of aromatic amines is 1. The predicted octanol–water partition coefficient (Wildman–Crippen LogP) is 3.81. The zero-order valence-electron chi connectivity index (χ0n) is 9.76. The molecule has 2 aromatic carbocycles. The molecule has 0 saturated heterocycles. The first-order chi connectivity index (χ1) is 9.18. The van der Waals surface area contributed by atoms with Crippen LogP contribution in [0.3, 0.4) is 0 Å². The molecule has 5 heteroatoms. The standard InChI is InChI=1S/C14H9BrN2OS/c15-10-6-2-4-8-12(10)17-13(18)9-5-1-3-7-11(9)16-14(17)19/h1-8H,(H,16,19). The fraction of sp³-hybridized carbons (Fsp3) is 0. The Morgan fingerprint density at radius 1 is 1.05 bits per heavy atom. The number of nitrogens with one attached hydrogen (secondary N) is 1. The Bertz CT molecular complexity index is 882. The summed E-state index contributed by atoms with van der Waals surface area (Å²) in [5.74, 6) is 0. The van der Waals surface area contributed by atoms with Crippen molar-refractivity contribution < 1.29 is 0 Å². The quantitative estimate of drug-likeness (QED) is 0.688. The molecule has 3 rings (SSSR count). The topological polar surface area (TPSA) is 37.8 Å². The Morgan fingerprint density at radius 2 is 1.74 bits per heavy atom. The van der Waals surface area contributed by atoms with Gasteiger partial charge in [0.2, 0.25) is 0 Å². The summed E-state index contributed by atoms with van der Waals surface area (Å²) < 4.78 is 2.71. The average molecular weight is 333 g/mol. The van der Waals surface area contributed by atoms with Crippen LogP contribution in [0.2, 0.25) is 0 Å². The highest BCUT2D eigenvalue weighted by molar-refractivity contribution is 9.10. The lowest BCUT2D eigenvalue weighted by atomic mass is 10.2. The van der Waals surface area contributed by atoms with Crippen molar-refractivity contribution in [2.45, 2.75) is 0 Å². The lowest BCUT2D eigenvalue weighted by molar-refractivity contribution is 0.935. The van der Waals surface area contributed by atoms with Crippen molar-refractivity contribution in [2.75, 3.05) is 0 Å². The lowest BCUT2D eigenvalue weighted by Gasteiger charge is -2.09. The Balaban J connectivity index is 2.47. The van der Waals surface area contributed by atoms with Gasteiger partial charge in [0.25, 0.3) is 5.56 Å². The monoisotopic (exact) mass is 332 g/mol. The summed E-state index contributed by atoms with van der Waals surface area (Å²) in [6, 6.07) is 14.8. The van der Waals surface area contributed by atoms with Crippen LogP contribution in [0.25, 0.3) is 16.6 Å². The summed E-state index contributed by atoms with van der Waals surface area (Å²) in [6.45, 7) is 0. The largest absolute Gasteiger partial charge is 0.331 e. The molecule has 1 N–H and O–H groups in total. The molecule has 0 radical (unpaired) electrons. The zero-order chi connectivity index (χ0) is 13.4. The normalized spacial score (nSPS) is 10.8. The highest BCUT2D eigenvalue weighted by Crippen LogP contribution is 2.20. The van der Waals surface area contributed by atoms with E-state index in [2.05, 4.69) is 20.9 Å². The van der Waals surface area contributed by atoms with Gasteiger partial charge in [-0.2, -0.15) is 0 Å². The number of halogens is 1. The number of benzene rings is 2. The van der Waals surface area contributed by atoms with Crippen molar-refractivity contribution >= 4 is 39.1 Å². The summed E-state index contributed by atoms with van der Waals surface area (Å²) in [6.07, 6.45) is 0. The molecule has 0 saturated carbocycles. The van der Waals surface area contributed by atoms with Crippen LogP contribution in [0.1, 0.15) is 0 Å². The summed E-state index contributed by atoms with van der Waals surface area (Å²) in [5, 5.41) is 0.617. The van der Waals surface area contributed by atoms with Crippen molar-refractivity contribution in [3.63, 3.8) is 0 Å². The fourth-order valence-corrected chi connectivity index (χ4v) is 2.77. The summed E-state index contributed by atoms with van der Waals surface area (Å²) in [4.78, 5) is 15.6. The van der Waals surface area contributed by atoms with E-state index in [4.69, 9.17) is 12.2 Å². The van der Waals surface area contributed by atoms with Crippen LogP contribution < -0.4 is 5.56 Å². The molecule has 0 unspecified atom stereocenters. The molecule has 0 bridgehead atoms. The van der Waals surface area contributed by atoms with Gasteiger partial charge >= 0.3 is 0 Å². The van der Waals surface area contributed by atoms with Crippen LogP contribution in [0.4, 0.5) is 0 Å². The number of para-hydroxylation sites is 2. The van der Waals surface area contributed by atoms with Crippen molar-refractivity contribution in [3.8, 4) is 5.69 Å². The van der Waals surface area contributed by atoms with Crippen molar-refractivity contribution in [3.05, 3.63) is 68.1 Å². The van der Waals surface area contributed by atoms with Crippen LogP contribution in [-0.2, 0) is 0 Å². The molecule has 0 aliphatic carbocycles. The van der Waals surface area contributed by atoms with Gasteiger partial charge in [0.15, 0.2) is 4.77 Å². The minimum absolute atomic E-state index is 0.119. The van der Waals surface area contributed by atoms with Crippen LogP contribution in [0.5, 0.6) is 0 Å². The average Bonchev–Trinajstić information content (AvgIpc) is 2.41. The van der Waals surface area contributed by atoms with Crippen LogP contribution >= 0.6 is 28.1 Å². The van der Waals surface area contributed by atoms with Gasteiger partial charge in [0, 0.05) is 4.47 Å². The molecule has 0 fully saturated rings. The van der Waals surface area contributed by atoms with E-state index in [0.29, 0.717) is 10.2 Å². The van der Waals surface area contributed by atoms with Crippen molar-refractivity contribution in [1.82, 2.24) is 9.55 Å². The van der Waals surface area contributed by atoms with E-state index in [9.17, 15) is 4.79 Å². The zero-order valence-corrected chi connectivity index (χ0v) is 12.2. The first-order valence-corrected chi connectivity index (χ1v) is 6.87. The second kappa shape index (κ2) is 4.75. The van der Waals surface area contributed by atoms with Gasteiger partial charge in [-0.15, -0.1) is 0 Å². The molecule has 0 spiro atoms. The third-order valence-electron chi connectivity index (χ3n) is 2.90. The number of rotatable bonds is 1. The molecule has 3 aromatic rings. The van der Waals surface area contributed by atoms with Crippen LogP contribution in [-0.4, -0.2) is 9.55 Å². The molecule has 0 atom stereocenters. The number of aromatic nitrogens is 2. The van der Waals surface area contributed by atoms with Crippen molar-refractivity contribution in [2.24, 2.45) is 0 Å². The van der Waals surface area contributed by atoms with Gasteiger partial charge in [-0.05, 0) is 52.4 Å². The van der Waals surface area contributed by atoms with Gasteiger partial charge in [0.05, 0.1) is 16.6 Å². The van der Waals surface area contributed by atoms with E-state index in [0.717, 1.165) is 15.7 Å². The minimum atomic E-state index is -0.119. The SMILES string of the molecule is O=c1c2ccccc2[nH]c(=S)n1-c1ccccc1Br. The molecular formula is C14H9BrN2OS. The van der Waals surface area contributed by atoms with E-state index in [1.54, 1.807) is 6.07 Å². The van der Waals surface area contributed by atoms with Crippen LogP contribution in [0.15, 0.2) is 57.8 Å². The Hall–Kier alpha value is -1.72. The van der Waals surface area contributed by atoms with Gasteiger partial charge in [-0.1, -0.05) is 24.3 Å². The molecule has 19 heavy (non-hydrogen) atoms. The Labute approximate surface area is 122 Å². The third kappa shape index (κ3) is 2.05. The van der Waals surface area contributed by atoms with E-state index in [1.807, 2.05) is 42.5 Å². The number of hydrogen-bond acceptors (Lipinski definition) is 2. The molecule has 1 aromatic heterocycles. The summed E-state index contributed by atoms with van der Waals surface area (Å²) in [7, 11) is 0. The van der Waals surface area contributed by atoms with E-state index in [1.165, 1.54) is 4.57 Å². The first kappa shape index (κ1) is 12.3. The Morgan fingerprint density at radius 3 is 2.53 bits per heavy atom. The van der Waals surface area contributed by atoms with E-state index >= 15 is 0 Å². The molecule has 1 heterocycles. The minimum Gasteiger partial charge on any atom is -0.331 e. The molecule has 94 valence electrons. The maximum atomic E-state index is 12.6. The molecular weight excluding hydrogens is 324 g/mol. The summed E-state index contributed by atoms with van der Waals surface area (Å²) in [5.41, 5.74) is 1.37. The maximum absolute atomic E-state index is 12.6.